The van der Waals surface area contributed by atoms with Gasteiger partial charge in [-0.15, -0.1) is 12.6 Å². The number of hydrogen-bond acceptors (Lipinski definition) is 3. The van der Waals surface area contributed by atoms with Gasteiger partial charge in [-0.1, -0.05) is 17.7 Å². The largest absolute Gasteiger partial charge is 0.299 e. The summed E-state index contributed by atoms with van der Waals surface area (Å²) >= 11 is 3.76. The van der Waals surface area contributed by atoms with Gasteiger partial charge in [0.05, 0.1) is 15.7 Å². The third kappa shape index (κ3) is 3.68. The highest BCUT2D eigenvalue weighted by molar-refractivity contribution is 7.97. The molecule has 0 spiro atoms. The molecule has 0 aliphatic heterocycles. The number of hydrogen-bond donors (Lipinski definition) is 2. The first-order chi connectivity index (χ1) is 6.92. The standard InChI is InChI=1S/C10H13NO2S2/c1-8-2-4-9(5-3-8)15(12,13)7-6-10(11)14/h2-5H,6-7H2,1H3,(H2,11,14). The number of aryl methyl sites for hydroxylation is 1. The molecule has 0 aliphatic rings. The van der Waals surface area contributed by atoms with Gasteiger partial charge in [-0.05, 0) is 19.1 Å². The number of sulfone groups is 1. The quantitative estimate of drug-likeness (QED) is 0.483. The molecule has 0 amide bonds. The fourth-order valence-corrected chi connectivity index (χ4v) is 2.62. The summed E-state index contributed by atoms with van der Waals surface area (Å²) in [6, 6.07) is 6.71. The highest BCUT2D eigenvalue weighted by Crippen LogP contribution is 2.13. The first-order valence-electron chi connectivity index (χ1n) is 4.47. The van der Waals surface area contributed by atoms with Gasteiger partial charge in [0, 0.05) is 6.42 Å². The summed E-state index contributed by atoms with van der Waals surface area (Å²) in [5, 5.41) is 7.16. The maximum Gasteiger partial charge on any atom is 0.178 e. The second-order valence-electron chi connectivity index (χ2n) is 3.33. The van der Waals surface area contributed by atoms with E-state index in [-0.39, 0.29) is 17.2 Å². The van der Waals surface area contributed by atoms with Crippen molar-refractivity contribution in [2.75, 3.05) is 5.75 Å². The molecule has 0 saturated heterocycles. The number of thiol groups is 1. The summed E-state index contributed by atoms with van der Waals surface area (Å²) in [5.74, 6) is -0.0571. The van der Waals surface area contributed by atoms with E-state index in [2.05, 4.69) is 12.6 Å². The minimum absolute atomic E-state index is 0.0571. The Morgan fingerprint density at radius 2 is 1.87 bits per heavy atom. The Morgan fingerprint density at radius 3 is 2.33 bits per heavy atom. The lowest BCUT2D eigenvalue weighted by atomic mass is 10.2. The van der Waals surface area contributed by atoms with E-state index in [0.717, 1.165) is 5.56 Å². The molecule has 1 aromatic rings. The summed E-state index contributed by atoms with van der Waals surface area (Å²) < 4.78 is 23.4. The average molecular weight is 243 g/mol. The maximum atomic E-state index is 11.7. The Balaban J connectivity index is 2.87. The van der Waals surface area contributed by atoms with Crippen LogP contribution in [-0.4, -0.2) is 19.2 Å². The van der Waals surface area contributed by atoms with Crippen LogP contribution < -0.4 is 0 Å². The van der Waals surface area contributed by atoms with Crippen molar-refractivity contribution in [3.63, 3.8) is 0 Å². The van der Waals surface area contributed by atoms with Crippen molar-refractivity contribution in [1.82, 2.24) is 0 Å². The predicted octanol–water partition coefficient (Wildman–Crippen LogP) is 2.07. The number of benzene rings is 1. The van der Waals surface area contributed by atoms with Gasteiger partial charge in [0.15, 0.2) is 9.84 Å². The minimum Gasteiger partial charge on any atom is -0.299 e. The maximum absolute atomic E-state index is 11.7. The zero-order valence-corrected chi connectivity index (χ0v) is 10.1. The molecule has 5 heteroatoms. The molecule has 0 aromatic heterocycles. The van der Waals surface area contributed by atoms with Gasteiger partial charge >= 0.3 is 0 Å². The Morgan fingerprint density at radius 1 is 1.33 bits per heavy atom. The summed E-state index contributed by atoms with van der Waals surface area (Å²) in [6.07, 6.45) is 0.166. The van der Waals surface area contributed by atoms with E-state index in [1.54, 1.807) is 24.3 Å². The topological polar surface area (TPSA) is 58.0 Å². The van der Waals surface area contributed by atoms with E-state index in [1.165, 1.54) is 0 Å². The lowest BCUT2D eigenvalue weighted by molar-refractivity contribution is 0.596. The van der Waals surface area contributed by atoms with Crippen LogP contribution in [0.1, 0.15) is 12.0 Å². The molecule has 0 unspecified atom stereocenters. The lowest BCUT2D eigenvalue weighted by Gasteiger charge is -2.03. The second kappa shape index (κ2) is 4.81. The van der Waals surface area contributed by atoms with Gasteiger partial charge in [0.25, 0.3) is 0 Å². The Hall–Kier alpha value is -0.810. The van der Waals surface area contributed by atoms with Crippen LogP contribution in [0.25, 0.3) is 0 Å². The summed E-state index contributed by atoms with van der Waals surface area (Å²) in [4.78, 5) is 0.308. The molecule has 82 valence electrons. The van der Waals surface area contributed by atoms with Gasteiger partial charge in [0.2, 0.25) is 0 Å². The van der Waals surface area contributed by atoms with Crippen molar-refractivity contribution >= 4 is 27.5 Å². The first-order valence-corrected chi connectivity index (χ1v) is 6.57. The highest BCUT2D eigenvalue weighted by atomic mass is 32.2. The first kappa shape index (κ1) is 12.3. The van der Waals surface area contributed by atoms with Crippen LogP contribution >= 0.6 is 12.6 Å². The number of rotatable bonds is 4. The third-order valence-electron chi connectivity index (χ3n) is 1.99. The normalized spacial score (nSPS) is 11.3. The Kier molecular flexibility index (Phi) is 3.93. The van der Waals surface area contributed by atoms with Crippen molar-refractivity contribution in [1.29, 1.82) is 5.41 Å². The molecule has 1 aromatic carbocycles. The molecule has 1 rings (SSSR count). The molecule has 1 N–H and O–H groups in total. The number of nitrogens with one attached hydrogen (secondary N) is 1. The second-order valence-corrected chi connectivity index (χ2v) is 5.98. The van der Waals surface area contributed by atoms with Gasteiger partial charge in [-0.3, -0.25) is 5.41 Å². The molecule has 0 atom stereocenters. The lowest BCUT2D eigenvalue weighted by Crippen LogP contribution is -2.08. The van der Waals surface area contributed by atoms with Crippen LogP contribution in [0, 0.1) is 12.3 Å². The molecule has 15 heavy (non-hydrogen) atoms. The van der Waals surface area contributed by atoms with Crippen molar-refractivity contribution in [2.45, 2.75) is 18.2 Å². The predicted molar refractivity (Wildman–Crippen MR) is 64.6 cm³/mol. The van der Waals surface area contributed by atoms with Crippen LogP contribution in [0.4, 0.5) is 0 Å². The molecule has 0 heterocycles. The van der Waals surface area contributed by atoms with E-state index in [1.807, 2.05) is 6.92 Å². The van der Waals surface area contributed by atoms with Crippen molar-refractivity contribution in [3.8, 4) is 0 Å². The van der Waals surface area contributed by atoms with Crippen LogP contribution in [-0.2, 0) is 9.84 Å². The third-order valence-corrected chi connectivity index (χ3v) is 3.94. The van der Waals surface area contributed by atoms with E-state index in [9.17, 15) is 8.42 Å². The van der Waals surface area contributed by atoms with E-state index in [0.29, 0.717) is 4.90 Å². The average Bonchev–Trinajstić information content (AvgIpc) is 2.16. The molecular weight excluding hydrogens is 230 g/mol. The fraction of sp³-hybridized carbons (Fsp3) is 0.300. The Bertz CT molecular complexity index is 449. The zero-order chi connectivity index (χ0) is 11.5. The molecule has 0 bridgehead atoms. The molecule has 0 fully saturated rings. The van der Waals surface area contributed by atoms with E-state index < -0.39 is 9.84 Å². The SMILES string of the molecule is Cc1ccc(S(=O)(=O)CCC(=N)S)cc1. The fourth-order valence-electron chi connectivity index (χ4n) is 1.09. The van der Waals surface area contributed by atoms with Crippen LogP contribution in [0.5, 0.6) is 0 Å². The smallest absolute Gasteiger partial charge is 0.178 e. The van der Waals surface area contributed by atoms with Crippen LogP contribution in [0.3, 0.4) is 0 Å². The molecule has 0 saturated carbocycles. The Labute approximate surface area is 95.4 Å². The van der Waals surface area contributed by atoms with Crippen LogP contribution in [0.2, 0.25) is 0 Å². The van der Waals surface area contributed by atoms with Gasteiger partial charge in [-0.2, -0.15) is 0 Å². The van der Waals surface area contributed by atoms with Gasteiger partial charge in [-0.25, -0.2) is 8.42 Å². The van der Waals surface area contributed by atoms with Crippen molar-refractivity contribution in [2.24, 2.45) is 0 Å². The van der Waals surface area contributed by atoms with Crippen molar-refractivity contribution in [3.05, 3.63) is 29.8 Å². The summed E-state index contributed by atoms with van der Waals surface area (Å²) in [7, 11) is -3.26. The molecule has 3 nitrogen and oxygen atoms in total. The summed E-state index contributed by atoms with van der Waals surface area (Å²) in [6.45, 7) is 1.90. The highest BCUT2D eigenvalue weighted by Gasteiger charge is 2.13. The molecule has 0 radical (unpaired) electrons. The minimum atomic E-state index is -3.26. The van der Waals surface area contributed by atoms with E-state index in [4.69, 9.17) is 5.41 Å². The molecule has 0 aliphatic carbocycles. The van der Waals surface area contributed by atoms with Gasteiger partial charge < -0.3 is 0 Å². The zero-order valence-electron chi connectivity index (χ0n) is 8.40. The van der Waals surface area contributed by atoms with Crippen molar-refractivity contribution < 1.29 is 8.42 Å². The monoisotopic (exact) mass is 243 g/mol. The van der Waals surface area contributed by atoms with Gasteiger partial charge in [0.1, 0.15) is 0 Å². The summed E-state index contributed by atoms with van der Waals surface area (Å²) in [5.41, 5.74) is 1.02. The van der Waals surface area contributed by atoms with Crippen LogP contribution in [0.15, 0.2) is 29.2 Å². The molecular formula is C10H13NO2S2. The van der Waals surface area contributed by atoms with E-state index >= 15 is 0 Å².